The first-order valence-corrected chi connectivity index (χ1v) is 6.88. The van der Waals surface area contributed by atoms with Gasteiger partial charge in [0.2, 0.25) is 0 Å². The highest BCUT2D eigenvalue weighted by molar-refractivity contribution is 7.71. The fourth-order valence-electron chi connectivity index (χ4n) is 2.56. The number of hydrogen-bond donors (Lipinski definition) is 1. The lowest BCUT2D eigenvalue weighted by Gasteiger charge is -2.21. The molecule has 1 unspecified atom stereocenters. The molecule has 0 fully saturated rings. The van der Waals surface area contributed by atoms with Crippen molar-refractivity contribution >= 4 is 23.3 Å². The zero-order valence-electron chi connectivity index (χ0n) is 11.7. The van der Waals surface area contributed by atoms with Crippen molar-refractivity contribution in [2.45, 2.75) is 33.2 Å². The minimum Gasteiger partial charge on any atom is -0.494 e. The molecule has 5 heteroatoms. The number of rotatable bonds is 4. The van der Waals surface area contributed by atoms with Gasteiger partial charge < -0.3 is 14.3 Å². The summed E-state index contributed by atoms with van der Waals surface area (Å²) >= 11 is 5.38. The molecule has 1 heterocycles. The van der Waals surface area contributed by atoms with Gasteiger partial charge in [-0.3, -0.25) is 0 Å². The van der Waals surface area contributed by atoms with Crippen molar-refractivity contribution < 1.29 is 9.13 Å². The zero-order chi connectivity index (χ0) is 14.2. The fraction of sp³-hybridized carbons (Fsp3) is 0.500. The van der Waals surface area contributed by atoms with Gasteiger partial charge in [0.15, 0.2) is 16.3 Å². The van der Waals surface area contributed by atoms with Crippen LogP contribution in [0.15, 0.2) is 12.1 Å². The number of halogens is 1. The first-order valence-electron chi connectivity index (χ1n) is 6.47. The van der Waals surface area contributed by atoms with Gasteiger partial charge >= 0.3 is 0 Å². The van der Waals surface area contributed by atoms with E-state index >= 15 is 0 Å². The molecule has 1 aromatic carbocycles. The second-order valence-corrected chi connectivity index (χ2v) is 5.41. The molecule has 3 nitrogen and oxygen atoms in total. The molecule has 1 atom stereocenters. The number of aromatic amines is 1. The van der Waals surface area contributed by atoms with Crippen LogP contribution in [-0.2, 0) is 0 Å². The Morgan fingerprint density at radius 2 is 2.11 bits per heavy atom. The molecule has 2 aromatic rings. The van der Waals surface area contributed by atoms with Crippen LogP contribution in [-0.4, -0.2) is 16.7 Å². The maximum atomic E-state index is 13.7. The molecule has 104 valence electrons. The van der Waals surface area contributed by atoms with Crippen molar-refractivity contribution in [3.8, 4) is 5.75 Å². The van der Waals surface area contributed by atoms with Gasteiger partial charge in [0.05, 0.1) is 18.1 Å². The van der Waals surface area contributed by atoms with E-state index in [0.29, 0.717) is 16.2 Å². The predicted molar refractivity (Wildman–Crippen MR) is 77.8 cm³/mol. The minimum atomic E-state index is -0.379. The number of aromatic nitrogens is 2. The summed E-state index contributed by atoms with van der Waals surface area (Å²) in [6.45, 7) is 6.46. The summed E-state index contributed by atoms with van der Waals surface area (Å²) in [7, 11) is 1.47. The van der Waals surface area contributed by atoms with Crippen molar-refractivity contribution in [1.29, 1.82) is 0 Å². The Kier molecular flexibility index (Phi) is 3.94. The van der Waals surface area contributed by atoms with Crippen molar-refractivity contribution in [2.75, 3.05) is 7.11 Å². The summed E-state index contributed by atoms with van der Waals surface area (Å²) in [5.41, 5.74) is 1.60. The molecular formula is C14H19FN2OS. The monoisotopic (exact) mass is 282 g/mol. The number of ether oxygens (including phenoxy) is 1. The summed E-state index contributed by atoms with van der Waals surface area (Å²) in [6, 6.07) is 3.44. The molecule has 0 saturated carbocycles. The van der Waals surface area contributed by atoms with Gasteiger partial charge in [-0.2, -0.15) is 0 Å². The Bertz CT molecular complexity index is 645. The van der Waals surface area contributed by atoms with Crippen molar-refractivity contribution in [3.63, 3.8) is 0 Å². The van der Waals surface area contributed by atoms with Crippen molar-refractivity contribution in [2.24, 2.45) is 5.92 Å². The molecule has 2 rings (SSSR count). The summed E-state index contributed by atoms with van der Waals surface area (Å²) in [5.74, 6) is 0.316. The second-order valence-electron chi connectivity index (χ2n) is 5.02. The van der Waals surface area contributed by atoms with Gasteiger partial charge in [-0.15, -0.1) is 0 Å². The lowest BCUT2D eigenvalue weighted by atomic mass is 10.0. The molecule has 0 saturated heterocycles. The van der Waals surface area contributed by atoms with E-state index < -0.39 is 0 Å². The van der Waals surface area contributed by atoms with Crippen LogP contribution in [0, 0.1) is 16.5 Å². The summed E-state index contributed by atoms with van der Waals surface area (Å²) < 4.78 is 21.5. The van der Waals surface area contributed by atoms with E-state index in [0.717, 1.165) is 11.9 Å². The van der Waals surface area contributed by atoms with E-state index in [2.05, 4.69) is 30.3 Å². The highest BCUT2D eigenvalue weighted by atomic mass is 32.1. The Hall–Kier alpha value is -1.36. The zero-order valence-corrected chi connectivity index (χ0v) is 12.5. The molecule has 0 aliphatic carbocycles. The van der Waals surface area contributed by atoms with Crippen LogP contribution < -0.4 is 4.74 Å². The van der Waals surface area contributed by atoms with E-state index in [-0.39, 0.29) is 17.6 Å². The Morgan fingerprint density at radius 1 is 1.42 bits per heavy atom. The topological polar surface area (TPSA) is 29.9 Å². The Morgan fingerprint density at radius 3 is 2.63 bits per heavy atom. The number of nitrogens with one attached hydrogen (secondary N) is 1. The van der Waals surface area contributed by atoms with Gasteiger partial charge in [-0.25, -0.2) is 4.39 Å². The van der Waals surface area contributed by atoms with Crippen molar-refractivity contribution in [3.05, 3.63) is 22.7 Å². The molecule has 0 amide bonds. The molecule has 1 N–H and O–H groups in total. The number of benzene rings is 1. The van der Waals surface area contributed by atoms with Crippen LogP contribution in [0.25, 0.3) is 11.0 Å². The summed E-state index contributed by atoms with van der Waals surface area (Å²) in [4.78, 5) is 3.07. The van der Waals surface area contributed by atoms with Crippen LogP contribution >= 0.6 is 12.2 Å². The van der Waals surface area contributed by atoms with E-state index in [9.17, 15) is 4.39 Å². The number of fused-ring (bicyclic) bond motifs is 1. The van der Waals surface area contributed by atoms with Gasteiger partial charge in [0.1, 0.15) is 0 Å². The normalized spacial score (nSPS) is 13.2. The minimum absolute atomic E-state index is 0.244. The quantitative estimate of drug-likeness (QED) is 0.839. The number of hydrogen-bond acceptors (Lipinski definition) is 2. The van der Waals surface area contributed by atoms with Crippen LogP contribution in [0.4, 0.5) is 4.39 Å². The molecule has 0 bridgehead atoms. The lowest BCUT2D eigenvalue weighted by molar-refractivity contribution is 0.368. The summed E-state index contributed by atoms with van der Waals surface area (Å²) in [5, 5.41) is 0. The first kappa shape index (κ1) is 14.1. The van der Waals surface area contributed by atoms with E-state index in [1.165, 1.54) is 13.2 Å². The number of methoxy groups -OCH3 is 1. The van der Waals surface area contributed by atoms with Crippen LogP contribution in [0.1, 0.15) is 33.2 Å². The molecule has 19 heavy (non-hydrogen) atoms. The fourth-order valence-corrected chi connectivity index (χ4v) is 2.91. The Labute approximate surface area is 117 Å². The highest BCUT2D eigenvalue weighted by Crippen LogP contribution is 2.30. The predicted octanol–water partition coefficient (Wildman–Crippen LogP) is 4.45. The number of imidazole rings is 1. The van der Waals surface area contributed by atoms with Crippen LogP contribution in [0.5, 0.6) is 5.75 Å². The van der Waals surface area contributed by atoms with E-state index in [4.69, 9.17) is 17.0 Å². The third kappa shape index (κ3) is 2.39. The average molecular weight is 282 g/mol. The third-order valence-electron chi connectivity index (χ3n) is 3.51. The lowest BCUT2D eigenvalue weighted by Crippen LogP contribution is -2.14. The van der Waals surface area contributed by atoms with Crippen LogP contribution in [0.2, 0.25) is 0 Å². The number of H-pyrrole nitrogens is 1. The molecule has 0 aliphatic heterocycles. The molecular weight excluding hydrogens is 263 g/mol. The van der Waals surface area contributed by atoms with Gasteiger partial charge in [-0.05, 0) is 24.6 Å². The highest BCUT2D eigenvalue weighted by Gasteiger charge is 2.18. The first-order chi connectivity index (χ1) is 8.99. The van der Waals surface area contributed by atoms with Crippen molar-refractivity contribution in [1.82, 2.24) is 9.55 Å². The largest absolute Gasteiger partial charge is 0.494 e. The molecule has 1 aromatic heterocycles. The Balaban J connectivity index is 2.73. The third-order valence-corrected chi connectivity index (χ3v) is 3.81. The van der Waals surface area contributed by atoms with E-state index in [1.807, 2.05) is 0 Å². The van der Waals surface area contributed by atoms with Gasteiger partial charge in [-0.1, -0.05) is 20.8 Å². The maximum absolute atomic E-state index is 13.7. The standard InChI is InChI=1S/C14H19FN2OS/c1-5-11(8(2)3)17-12-7-13(18-4)9(15)6-10(12)16-14(17)19/h6-8,11H,5H2,1-4H3,(H,16,19). The second kappa shape index (κ2) is 5.33. The van der Waals surface area contributed by atoms with Crippen LogP contribution in [0.3, 0.4) is 0 Å². The molecule has 0 aliphatic rings. The summed E-state index contributed by atoms with van der Waals surface area (Å²) in [6.07, 6.45) is 0.971. The molecule has 0 spiro atoms. The van der Waals surface area contributed by atoms with E-state index in [1.54, 1.807) is 6.07 Å². The SMILES string of the molecule is CCC(C(C)C)n1c(=S)[nH]c2cc(F)c(OC)cc21. The number of nitrogens with zero attached hydrogens (tertiary/aromatic N) is 1. The maximum Gasteiger partial charge on any atom is 0.178 e. The van der Waals surface area contributed by atoms with Gasteiger partial charge in [0, 0.05) is 18.2 Å². The van der Waals surface area contributed by atoms with Gasteiger partial charge in [0.25, 0.3) is 0 Å². The smallest absolute Gasteiger partial charge is 0.178 e. The average Bonchev–Trinajstić information content (AvgIpc) is 2.65. The molecule has 0 radical (unpaired) electrons.